The van der Waals surface area contributed by atoms with Crippen molar-refractivity contribution in [2.75, 3.05) is 30.4 Å². The standard InChI is InChI=1S/C18H26N4O2/c23-18(12-8-13-11-24-7-6-16(13)19-9-12)22-15-4-5-17(20-10-15)21-14-2-1-3-14/h4-5,10,12-14,16,19H,1-3,6-9,11H2,(H,20,21)(H,22,23). The van der Waals surface area contributed by atoms with E-state index in [0.29, 0.717) is 18.0 Å². The van der Waals surface area contributed by atoms with E-state index in [1.807, 2.05) is 12.1 Å². The number of rotatable bonds is 4. The highest BCUT2D eigenvalue weighted by Crippen LogP contribution is 2.27. The normalized spacial score (nSPS) is 30.1. The molecule has 2 aliphatic heterocycles. The fraction of sp³-hybridized carbons (Fsp3) is 0.667. The summed E-state index contributed by atoms with van der Waals surface area (Å²) in [6.45, 7) is 2.35. The fourth-order valence-electron chi connectivity index (χ4n) is 3.80. The molecule has 0 radical (unpaired) electrons. The van der Waals surface area contributed by atoms with Crippen molar-refractivity contribution in [3.8, 4) is 0 Å². The molecular formula is C18H26N4O2. The Morgan fingerprint density at radius 3 is 2.96 bits per heavy atom. The smallest absolute Gasteiger partial charge is 0.228 e. The van der Waals surface area contributed by atoms with Crippen molar-refractivity contribution < 1.29 is 9.53 Å². The van der Waals surface area contributed by atoms with Gasteiger partial charge >= 0.3 is 0 Å². The van der Waals surface area contributed by atoms with Crippen molar-refractivity contribution >= 4 is 17.4 Å². The van der Waals surface area contributed by atoms with Crippen LogP contribution >= 0.6 is 0 Å². The SMILES string of the molecule is O=C(Nc1ccc(NC2CCC2)nc1)C1CNC2CCOCC2C1. The van der Waals surface area contributed by atoms with Crippen LogP contribution < -0.4 is 16.0 Å². The molecule has 0 aromatic carbocycles. The number of hydrogen-bond donors (Lipinski definition) is 3. The lowest BCUT2D eigenvalue weighted by molar-refractivity contribution is -0.122. The van der Waals surface area contributed by atoms with Crippen LogP contribution in [0.25, 0.3) is 0 Å². The summed E-state index contributed by atoms with van der Waals surface area (Å²) in [6, 6.07) is 4.95. The minimum Gasteiger partial charge on any atom is -0.381 e. The Morgan fingerprint density at radius 1 is 1.29 bits per heavy atom. The van der Waals surface area contributed by atoms with Crippen LogP contribution in [0, 0.1) is 11.8 Å². The number of hydrogen-bond acceptors (Lipinski definition) is 5. The third-order valence-electron chi connectivity index (χ3n) is 5.55. The highest BCUT2D eigenvalue weighted by atomic mass is 16.5. The lowest BCUT2D eigenvalue weighted by Gasteiger charge is -2.39. The molecule has 3 unspecified atom stereocenters. The van der Waals surface area contributed by atoms with Crippen molar-refractivity contribution in [1.82, 2.24) is 10.3 Å². The van der Waals surface area contributed by atoms with Crippen LogP contribution in [0.5, 0.6) is 0 Å². The monoisotopic (exact) mass is 330 g/mol. The number of nitrogens with zero attached hydrogens (tertiary/aromatic N) is 1. The molecule has 6 heteroatoms. The van der Waals surface area contributed by atoms with E-state index >= 15 is 0 Å². The first kappa shape index (κ1) is 15.8. The zero-order valence-corrected chi connectivity index (χ0v) is 14.0. The van der Waals surface area contributed by atoms with Gasteiger partial charge in [-0.1, -0.05) is 0 Å². The Kier molecular flexibility index (Phi) is 4.67. The van der Waals surface area contributed by atoms with E-state index in [-0.39, 0.29) is 11.8 Å². The molecule has 3 aliphatic rings. The summed E-state index contributed by atoms with van der Waals surface area (Å²) in [5.74, 6) is 1.42. The number of fused-ring (bicyclic) bond motifs is 1. The van der Waals surface area contributed by atoms with E-state index in [4.69, 9.17) is 4.74 Å². The van der Waals surface area contributed by atoms with Gasteiger partial charge in [-0.15, -0.1) is 0 Å². The maximum Gasteiger partial charge on any atom is 0.228 e. The van der Waals surface area contributed by atoms with E-state index in [2.05, 4.69) is 20.9 Å². The number of carbonyl (C=O) groups excluding carboxylic acids is 1. The van der Waals surface area contributed by atoms with Crippen molar-refractivity contribution in [3.05, 3.63) is 18.3 Å². The first-order valence-corrected chi connectivity index (χ1v) is 9.12. The summed E-state index contributed by atoms with van der Waals surface area (Å²) in [6.07, 6.45) is 7.44. The summed E-state index contributed by atoms with van der Waals surface area (Å²) in [7, 11) is 0. The minimum atomic E-state index is 0.000674. The minimum absolute atomic E-state index is 0.000674. The molecule has 3 fully saturated rings. The zero-order valence-electron chi connectivity index (χ0n) is 14.0. The maximum atomic E-state index is 12.5. The first-order chi connectivity index (χ1) is 11.8. The van der Waals surface area contributed by atoms with Gasteiger partial charge < -0.3 is 20.7 Å². The van der Waals surface area contributed by atoms with Gasteiger partial charge in [0.25, 0.3) is 0 Å². The molecule has 1 aromatic rings. The molecule has 24 heavy (non-hydrogen) atoms. The van der Waals surface area contributed by atoms with E-state index < -0.39 is 0 Å². The van der Waals surface area contributed by atoms with Crippen LogP contribution in [0.4, 0.5) is 11.5 Å². The largest absolute Gasteiger partial charge is 0.381 e. The lowest BCUT2D eigenvalue weighted by atomic mass is 9.82. The second kappa shape index (κ2) is 7.07. The molecule has 130 valence electrons. The summed E-state index contributed by atoms with van der Waals surface area (Å²) in [4.78, 5) is 16.9. The predicted octanol–water partition coefficient (Wildman–Crippen LogP) is 2.00. The summed E-state index contributed by atoms with van der Waals surface area (Å²) < 4.78 is 5.56. The third kappa shape index (κ3) is 3.54. The number of pyridine rings is 1. The van der Waals surface area contributed by atoms with Crippen LogP contribution in [0.2, 0.25) is 0 Å². The number of ether oxygens (including phenoxy) is 1. The van der Waals surface area contributed by atoms with Crippen molar-refractivity contribution in [1.29, 1.82) is 0 Å². The summed E-state index contributed by atoms with van der Waals surface area (Å²) in [5.41, 5.74) is 0.765. The Bertz CT molecular complexity index is 573. The number of anilines is 2. The fourth-order valence-corrected chi connectivity index (χ4v) is 3.80. The topological polar surface area (TPSA) is 75.3 Å². The summed E-state index contributed by atoms with van der Waals surface area (Å²) >= 11 is 0. The van der Waals surface area contributed by atoms with Gasteiger partial charge in [0.2, 0.25) is 5.91 Å². The Morgan fingerprint density at radius 2 is 2.21 bits per heavy atom. The van der Waals surface area contributed by atoms with Gasteiger partial charge in [0.1, 0.15) is 5.82 Å². The molecule has 3 atom stereocenters. The van der Waals surface area contributed by atoms with E-state index in [9.17, 15) is 4.79 Å². The van der Waals surface area contributed by atoms with Crippen LogP contribution in [-0.2, 0) is 9.53 Å². The third-order valence-corrected chi connectivity index (χ3v) is 5.55. The lowest BCUT2D eigenvalue weighted by Crippen LogP contribution is -2.52. The number of nitrogens with one attached hydrogen (secondary N) is 3. The van der Waals surface area contributed by atoms with Crippen molar-refractivity contribution in [2.45, 2.75) is 44.2 Å². The van der Waals surface area contributed by atoms with Gasteiger partial charge in [0.05, 0.1) is 24.4 Å². The number of amides is 1. The molecule has 1 aliphatic carbocycles. The molecular weight excluding hydrogens is 304 g/mol. The zero-order chi connectivity index (χ0) is 16.4. The highest BCUT2D eigenvalue weighted by Gasteiger charge is 2.35. The van der Waals surface area contributed by atoms with Crippen LogP contribution in [0.15, 0.2) is 18.3 Å². The number of piperidine rings is 1. The van der Waals surface area contributed by atoms with Gasteiger partial charge in [-0.05, 0) is 50.2 Å². The molecule has 2 saturated heterocycles. The van der Waals surface area contributed by atoms with Gasteiger partial charge in [-0.2, -0.15) is 0 Å². The van der Waals surface area contributed by atoms with Gasteiger partial charge in [0, 0.05) is 25.2 Å². The maximum absolute atomic E-state index is 12.5. The Hall–Kier alpha value is -1.66. The van der Waals surface area contributed by atoms with Crippen LogP contribution in [0.1, 0.15) is 32.1 Å². The van der Waals surface area contributed by atoms with Gasteiger partial charge in [0.15, 0.2) is 0 Å². The van der Waals surface area contributed by atoms with Gasteiger partial charge in [-0.25, -0.2) is 4.98 Å². The Labute approximate surface area is 142 Å². The predicted molar refractivity (Wildman–Crippen MR) is 93.0 cm³/mol. The van der Waals surface area contributed by atoms with Crippen LogP contribution in [0.3, 0.4) is 0 Å². The van der Waals surface area contributed by atoms with Crippen molar-refractivity contribution in [3.63, 3.8) is 0 Å². The second-order valence-corrected chi connectivity index (χ2v) is 7.26. The van der Waals surface area contributed by atoms with E-state index in [1.165, 1.54) is 19.3 Å². The Balaban J connectivity index is 1.30. The number of carbonyl (C=O) groups is 1. The van der Waals surface area contributed by atoms with Crippen molar-refractivity contribution in [2.24, 2.45) is 11.8 Å². The highest BCUT2D eigenvalue weighted by molar-refractivity contribution is 5.92. The average Bonchev–Trinajstić information content (AvgIpc) is 2.59. The van der Waals surface area contributed by atoms with Crippen LogP contribution in [-0.4, -0.2) is 42.7 Å². The number of aromatic nitrogens is 1. The molecule has 0 spiro atoms. The molecule has 1 saturated carbocycles. The summed E-state index contributed by atoms with van der Waals surface area (Å²) in [5, 5.41) is 9.93. The molecule has 4 rings (SSSR count). The van der Waals surface area contributed by atoms with E-state index in [0.717, 1.165) is 44.1 Å². The first-order valence-electron chi connectivity index (χ1n) is 9.12. The molecule has 3 heterocycles. The molecule has 0 bridgehead atoms. The molecule has 6 nitrogen and oxygen atoms in total. The van der Waals surface area contributed by atoms with Gasteiger partial charge in [-0.3, -0.25) is 4.79 Å². The van der Waals surface area contributed by atoms with E-state index in [1.54, 1.807) is 6.20 Å². The molecule has 3 N–H and O–H groups in total. The molecule has 1 aromatic heterocycles. The molecule has 1 amide bonds. The average molecular weight is 330 g/mol. The quantitative estimate of drug-likeness (QED) is 0.787. The second-order valence-electron chi connectivity index (χ2n) is 7.26.